The third kappa shape index (κ3) is 5.44. The molecule has 0 unspecified atom stereocenters. The lowest BCUT2D eigenvalue weighted by Crippen LogP contribution is -2.48. The van der Waals surface area contributed by atoms with Crippen LogP contribution in [0.1, 0.15) is 12.0 Å². The van der Waals surface area contributed by atoms with Gasteiger partial charge in [0.15, 0.2) is 0 Å². The molecular formula is C17H25NO3. The Balaban J connectivity index is 2.87. The average molecular weight is 291 g/mol. The molecule has 0 radical (unpaired) electrons. The second-order valence-electron chi connectivity index (χ2n) is 5.00. The van der Waals surface area contributed by atoms with Crippen LogP contribution in [0.25, 0.3) is 0 Å². The Morgan fingerprint density at radius 2 is 1.81 bits per heavy atom. The van der Waals surface area contributed by atoms with Crippen LogP contribution in [-0.2, 0) is 6.54 Å². The maximum atomic E-state index is 10.2. The number of hydrogen-bond donors (Lipinski definition) is 3. The molecule has 0 amide bonds. The maximum absolute atomic E-state index is 10.2. The molecule has 0 aliphatic heterocycles. The molecule has 0 heterocycles. The van der Waals surface area contributed by atoms with Gasteiger partial charge in [-0.2, -0.15) is 0 Å². The quantitative estimate of drug-likeness (QED) is 0.569. The SMILES string of the molecule is C=CCCN(Cc1ccccc1)[C@H](C=C)[C@@H](O)[C@H](O)CO. The van der Waals surface area contributed by atoms with Gasteiger partial charge < -0.3 is 15.3 Å². The van der Waals surface area contributed by atoms with Crippen molar-refractivity contribution in [1.29, 1.82) is 0 Å². The highest BCUT2D eigenvalue weighted by Crippen LogP contribution is 2.15. The summed E-state index contributed by atoms with van der Waals surface area (Å²) >= 11 is 0. The summed E-state index contributed by atoms with van der Waals surface area (Å²) in [5.74, 6) is 0. The molecule has 0 spiro atoms. The average Bonchev–Trinajstić information content (AvgIpc) is 2.53. The summed E-state index contributed by atoms with van der Waals surface area (Å²) in [6.45, 7) is 8.30. The van der Waals surface area contributed by atoms with Gasteiger partial charge >= 0.3 is 0 Å². The lowest BCUT2D eigenvalue weighted by atomic mass is 10.0. The van der Waals surface area contributed by atoms with Crippen LogP contribution in [0.2, 0.25) is 0 Å². The molecule has 0 aliphatic rings. The Kier molecular flexibility index (Phi) is 7.93. The Hall–Kier alpha value is -1.46. The summed E-state index contributed by atoms with van der Waals surface area (Å²) in [5, 5.41) is 28.9. The van der Waals surface area contributed by atoms with Crippen molar-refractivity contribution in [1.82, 2.24) is 4.90 Å². The number of aliphatic hydroxyl groups excluding tert-OH is 3. The van der Waals surface area contributed by atoms with E-state index in [1.165, 1.54) is 0 Å². The first-order valence-corrected chi connectivity index (χ1v) is 7.12. The first-order chi connectivity index (χ1) is 10.1. The molecule has 3 N–H and O–H groups in total. The first-order valence-electron chi connectivity index (χ1n) is 7.12. The van der Waals surface area contributed by atoms with Gasteiger partial charge in [-0.1, -0.05) is 42.5 Å². The van der Waals surface area contributed by atoms with Crippen molar-refractivity contribution in [2.45, 2.75) is 31.2 Å². The van der Waals surface area contributed by atoms with E-state index in [1.807, 2.05) is 41.3 Å². The zero-order valence-electron chi connectivity index (χ0n) is 12.3. The summed E-state index contributed by atoms with van der Waals surface area (Å²) in [6.07, 6.45) is 1.91. The van der Waals surface area contributed by atoms with Crippen LogP contribution in [0.3, 0.4) is 0 Å². The molecule has 4 heteroatoms. The third-order valence-corrected chi connectivity index (χ3v) is 3.44. The van der Waals surface area contributed by atoms with E-state index in [9.17, 15) is 10.2 Å². The molecule has 0 bridgehead atoms. The number of aliphatic hydroxyl groups is 3. The van der Waals surface area contributed by atoms with Crippen molar-refractivity contribution in [3.05, 3.63) is 61.2 Å². The number of hydrogen-bond acceptors (Lipinski definition) is 4. The van der Waals surface area contributed by atoms with Gasteiger partial charge in [-0.3, -0.25) is 4.90 Å². The Morgan fingerprint density at radius 1 is 1.14 bits per heavy atom. The maximum Gasteiger partial charge on any atom is 0.105 e. The van der Waals surface area contributed by atoms with Crippen molar-refractivity contribution in [3.8, 4) is 0 Å². The van der Waals surface area contributed by atoms with E-state index in [0.29, 0.717) is 13.1 Å². The minimum atomic E-state index is -1.19. The van der Waals surface area contributed by atoms with Gasteiger partial charge in [0, 0.05) is 13.1 Å². The number of nitrogens with zero attached hydrogens (tertiary/aromatic N) is 1. The smallest absolute Gasteiger partial charge is 0.105 e. The van der Waals surface area contributed by atoms with E-state index >= 15 is 0 Å². The van der Waals surface area contributed by atoms with Crippen LogP contribution < -0.4 is 0 Å². The summed E-state index contributed by atoms with van der Waals surface area (Å²) in [4.78, 5) is 2.02. The number of benzene rings is 1. The second kappa shape index (κ2) is 9.47. The fraction of sp³-hybridized carbons (Fsp3) is 0.412. The van der Waals surface area contributed by atoms with Gasteiger partial charge in [-0.25, -0.2) is 0 Å². The first kappa shape index (κ1) is 17.6. The minimum Gasteiger partial charge on any atom is -0.394 e. The van der Waals surface area contributed by atoms with Crippen molar-refractivity contribution >= 4 is 0 Å². The highest BCUT2D eigenvalue weighted by molar-refractivity contribution is 5.15. The van der Waals surface area contributed by atoms with Gasteiger partial charge in [-0.15, -0.1) is 13.2 Å². The predicted octanol–water partition coefficient (Wildman–Crippen LogP) is 1.33. The van der Waals surface area contributed by atoms with Crippen LogP contribution in [0.15, 0.2) is 55.6 Å². The minimum absolute atomic E-state index is 0.438. The topological polar surface area (TPSA) is 63.9 Å². The van der Waals surface area contributed by atoms with Crippen LogP contribution in [0.4, 0.5) is 0 Å². The van der Waals surface area contributed by atoms with Gasteiger partial charge in [0.2, 0.25) is 0 Å². The van der Waals surface area contributed by atoms with Gasteiger partial charge in [-0.05, 0) is 12.0 Å². The molecule has 1 rings (SSSR count). The standard InChI is InChI=1S/C17H25NO3/c1-3-5-11-18(12-14-9-7-6-8-10-14)15(4-2)17(21)16(20)13-19/h3-4,6-10,15-17,19-21H,1-2,5,11-13H2/t15-,16-,17-/m1/s1. The number of rotatable bonds is 10. The zero-order chi connectivity index (χ0) is 15.7. The molecule has 0 aliphatic carbocycles. The van der Waals surface area contributed by atoms with Crippen molar-refractivity contribution in [2.24, 2.45) is 0 Å². The van der Waals surface area contributed by atoms with Crippen molar-refractivity contribution in [3.63, 3.8) is 0 Å². The van der Waals surface area contributed by atoms with E-state index in [1.54, 1.807) is 6.08 Å². The van der Waals surface area contributed by atoms with Crippen LogP contribution in [0, 0.1) is 0 Å². The molecule has 21 heavy (non-hydrogen) atoms. The monoisotopic (exact) mass is 291 g/mol. The van der Waals surface area contributed by atoms with Gasteiger partial charge in [0.25, 0.3) is 0 Å². The summed E-state index contributed by atoms with van der Waals surface area (Å²) in [5.41, 5.74) is 1.11. The molecule has 1 aromatic carbocycles. The third-order valence-electron chi connectivity index (χ3n) is 3.44. The fourth-order valence-electron chi connectivity index (χ4n) is 2.25. The molecule has 4 nitrogen and oxygen atoms in total. The summed E-state index contributed by atoms with van der Waals surface area (Å²) in [6, 6.07) is 9.46. The lowest BCUT2D eigenvalue weighted by molar-refractivity contribution is -0.0485. The summed E-state index contributed by atoms with van der Waals surface area (Å²) in [7, 11) is 0. The lowest BCUT2D eigenvalue weighted by Gasteiger charge is -2.34. The predicted molar refractivity (Wildman–Crippen MR) is 84.8 cm³/mol. The Bertz CT molecular complexity index is 421. The Labute approximate surface area is 126 Å². The van der Waals surface area contributed by atoms with E-state index in [2.05, 4.69) is 13.2 Å². The molecule has 0 aromatic heterocycles. The van der Waals surface area contributed by atoms with E-state index in [-0.39, 0.29) is 0 Å². The van der Waals surface area contributed by atoms with Gasteiger partial charge in [0.05, 0.1) is 12.6 Å². The molecule has 0 saturated carbocycles. The largest absolute Gasteiger partial charge is 0.394 e. The summed E-state index contributed by atoms with van der Waals surface area (Å²) < 4.78 is 0. The molecule has 0 fully saturated rings. The fourth-order valence-corrected chi connectivity index (χ4v) is 2.25. The van der Waals surface area contributed by atoms with Crippen LogP contribution in [0.5, 0.6) is 0 Å². The van der Waals surface area contributed by atoms with Gasteiger partial charge in [0.1, 0.15) is 12.2 Å². The molecule has 116 valence electrons. The second-order valence-corrected chi connectivity index (χ2v) is 5.00. The van der Waals surface area contributed by atoms with E-state index in [4.69, 9.17) is 5.11 Å². The highest BCUT2D eigenvalue weighted by atomic mass is 16.4. The highest BCUT2D eigenvalue weighted by Gasteiger charge is 2.28. The Morgan fingerprint density at radius 3 is 2.33 bits per heavy atom. The molecule has 0 saturated heterocycles. The normalized spacial score (nSPS) is 15.4. The van der Waals surface area contributed by atoms with Crippen LogP contribution >= 0.6 is 0 Å². The van der Waals surface area contributed by atoms with Crippen molar-refractivity contribution in [2.75, 3.05) is 13.2 Å². The molecule has 3 atom stereocenters. The molecule has 1 aromatic rings. The zero-order valence-corrected chi connectivity index (χ0v) is 12.3. The molecular weight excluding hydrogens is 266 g/mol. The van der Waals surface area contributed by atoms with E-state index < -0.39 is 24.9 Å². The van der Waals surface area contributed by atoms with Crippen LogP contribution in [-0.4, -0.2) is 51.6 Å². The van der Waals surface area contributed by atoms with Crippen molar-refractivity contribution < 1.29 is 15.3 Å². The van der Waals surface area contributed by atoms with E-state index in [0.717, 1.165) is 12.0 Å².